The minimum Gasteiger partial charge on any atom is -0.314 e. The van der Waals surface area contributed by atoms with E-state index in [0.29, 0.717) is 12.0 Å². The van der Waals surface area contributed by atoms with Gasteiger partial charge in [-0.2, -0.15) is 0 Å². The third-order valence-corrected chi connectivity index (χ3v) is 2.92. The van der Waals surface area contributed by atoms with Gasteiger partial charge in [-0.15, -0.1) is 0 Å². The predicted octanol–water partition coefficient (Wildman–Crippen LogP) is 2.92. The molecule has 0 fully saturated rings. The average molecular weight is 235 g/mol. The number of nitrogens with zero attached hydrogens (tertiary/aromatic N) is 2. The van der Waals surface area contributed by atoms with Gasteiger partial charge in [0.05, 0.1) is 0 Å². The van der Waals surface area contributed by atoms with Gasteiger partial charge in [-0.25, -0.2) is 9.97 Å². The Morgan fingerprint density at radius 3 is 2.59 bits per heavy atom. The Bertz CT molecular complexity index is 317. The van der Waals surface area contributed by atoms with E-state index in [1.807, 2.05) is 0 Å². The van der Waals surface area contributed by atoms with Crippen LogP contribution in [0.5, 0.6) is 0 Å². The van der Waals surface area contributed by atoms with Crippen molar-refractivity contribution >= 4 is 0 Å². The highest BCUT2D eigenvalue weighted by molar-refractivity contribution is 5.12. The van der Waals surface area contributed by atoms with Crippen molar-refractivity contribution in [2.45, 2.75) is 58.9 Å². The molecule has 3 nitrogen and oxygen atoms in total. The molecule has 1 rings (SSSR count). The molecule has 1 aromatic heterocycles. The third kappa shape index (κ3) is 4.82. The Morgan fingerprint density at radius 2 is 2.00 bits per heavy atom. The predicted molar refractivity (Wildman–Crippen MR) is 72.2 cm³/mol. The first kappa shape index (κ1) is 14.1. The van der Waals surface area contributed by atoms with Crippen molar-refractivity contribution in [3.63, 3.8) is 0 Å². The number of hydrogen-bond acceptors (Lipinski definition) is 3. The summed E-state index contributed by atoms with van der Waals surface area (Å²) in [5.41, 5.74) is 2.30. The van der Waals surface area contributed by atoms with Gasteiger partial charge in [0, 0.05) is 23.9 Å². The zero-order valence-electron chi connectivity index (χ0n) is 11.5. The lowest BCUT2D eigenvalue weighted by Crippen LogP contribution is -2.31. The maximum Gasteiger partial charge on any atom is 0.115 e. The van der Waals surface area contributed by atoms with Gasteiger partial charge >= 0.3 is 0 Å². The first-order chi connectivity index (χ1) is 8.17. The van der Waals surface area contributed by atoms with Crippen LogP contribution in [-0.4, -0.2) is 22.6 Å². The molecule has 17 heavy (non-hydrogen) atoms. The molecule has 0 bridgehead atoms. The zero-order chi connectivity index (χ0) is 12.7. The van der Waals surface area contributed by atoms with Crippen molar-refractivity contribution < 1.29 is 0 Å². The van der Waals surface area contributed by atoms with Crippen LogP contribution in [0, 0.1) is 0 Å². The van der Waals surface area contributed by atoms with E-state index in [9.17, 15) is 0 Å². The van der Waals surface area contributed by atoms with Crippen molar-refractivity contribution in [3.05, 3.63) is 23.8 Å². The van der Waals surface area contributed by atoms with Crippen LogP contribution in [0.25, 0.3) is 0 Å². The van der Waals surface area contributed by atoms with Crippen LogP contribution in [0.2, 0.25) is 0 Å². The highest BCUT2D eigenvalue weighted by Gasteiger charge is 2.09. The molecule has 3 heteroatoms. The second-order valence-electron chi connectivity index (χ2n) is 4.84. The summed E-state index contributed by atoms with van der Waals surface area (Å²) in [6.45, 7) is 9.73. The van der Waals surface area contributed by atoms with Crippen LogP contribution in [0.4, 0.5) is 0 Å². The number of likely N-dealkylation sites (N-methyl/N-ethyl adjacent to an activating group) is 1. The monoisotopic (exact) mass is 235 g/mol. The van der Waals surface area contributed by atoms with E-state index in [-0.39, 0.29) is 0 Å². The van der Waals surface area contributed by atoms with Crippen molar-refractivity contribution in [1.82, 2.24) is 15.3 Å². The minimum atomic E-state index is 0.473. The number of hydrogen-bond donors (Lipinski definition) is 1. The molecule has 0 aliphatic carbocycles. The lowest BCUT2D eigenvalue weighted by atomic mass is 10.0. The summed E-state index contributed by atoms with van der Waals surface area (Å²) in [6, 6.07) is 2.69. The molecule has 0 radical (unpaired) electrons. The molecule has 0 aliphatic heterocycles. The fourth-order valence-electron chi connectivity index (χ4n) is 2.01. The molecule has 1 heterocycles. The molecular weight excluding hydrogens is 210 g/mol. The van der Waals surface area contributed by atoms with Crippen LogP contribution in [0.1, 0.15) is 57.8 Å². The Hall–Kier alpha value is -0.960. The highest BCUT2D eigenvalue weighted by Crippen LogP contribution is 2.13. The van der Waals surface area contributed by atoms with Gasteiger partial charge in [0.1, 0.15) is 6.33 Å². The topological polar surface area (TPSA) is 37.8 Å². The van der Waals surface area contributed by atoms with Gasteiger partial charge in [-0.3, -0.25) is 0 Å². The van der Waals surface area contributed by atoms with E-state index >= 15 is 0 Å². The Balaban J connectivity index is 2.67. The van der Waals surface area contributed by atoms with Crippen molar-refractivity contribution in [3.8, 4) is 0 Å². The number of aromatic nitrogens is 2. The van der Waals surface area contributed by atoms with Gasteiger partial charge in [-0.1, -0.05) is 34.1 Å². The quantitative estimate of drug-likeness (QED) is 0.789. The van der Waals surface area contributed by atoms with Gasteiger partial charge in [0.25, 0.3) is 0 Å². The molecule has 96 valence electrons. The summed E-state index contributed by atoms with van der Waals surface area (Å²) in [5, 5.41) is 3.52. The SMILES string of the molecule is CCCC(Cc1cc(C(C)C)ncn1)NCC. The molecule has 1 aromatic rings. The van der Waals surface area contributed by atoms with Crippen LogP contribution in [0.3, 0.4) is 0 Å². The first-order valence-electron chi connectivity index (χ1n) is 6.71. The van der Waals surface area contributed by atoms with Crippen molar-refractivity contribution in [2.24, 2.45) is 0 Å². The molecule has 1 N–H and O–H groups in total. The maximum atomic E-state index is 4.37. The largest absolute Gasteiger partial charge is 0.314 e. The van der Waals surface area contributed by atoms with Crippen LogP contribution in [-0.2, 0) is 6.42 Å². The molecule has 0 aromatic carbocycles. The number of rotatable bonds is 7. The molecule has 0 spiro atoms. The second-order valence-corrected chi connectivity index (χ2v) is 4.84. The van der Waals surface area contributed by atoms with Gasteiger partial charge in [-0.05, 0) is 24.9 Å². The van der Waals surface area contributed by atoms with Crippen LogP contribution < -0.4 is 5.32 Å². The smallest absolute Gasteiger partial charge is 0.115 e. The number of nitrogens with one attached hydrogen (secondary N) is 1. The fourth-order valence-corrected chi connectivity index (χ4v) is 2.01. The molecule has 0 amide bonds. The molecule has 0 aliphatic rings. The van der Waals surface area contributed by atoms with E-state index in [1.165, 1.54) is 12.8 Å². The first-order valence-corrected chi connectivity index (χ1v) is 6.71. The minimum absolute atomic E-state index is 0.473. The summed E-state index contributed by atoms with van der Waals surface area (Å²) >= 11 is 0. The van der Waals surface area contributed by atoms with Crippen molar-refractivity contribution in [1.29, 1.82) is 0 Å². The molecular formula is C14H25N3. The Kier molecular flexibility index (Phi) is 6.12. The summed E-state index contributed by atoms with van der Waals surface area (Å²) in [4.78, 5) is 8.68. The summed E-state index contributed by atoms with van der Waals surface area (Å²) < 4.78 is 0. The lowest BCUT2D eigenvalue weighted by Gasteiger charge is -2.17. The maximum absolute atomic E-state index is 4.37. The van der Waals surface area contributed by atoms with E-state index in [0.717, 1.165) is 24.4 Å². The summed E-state index contributed by atoms with van der Waals surface area (Å²) in [6.07, 6.45) is 5.11. The Morgan fingerprint density at radius 1 is 1.24 bits per heavy atom. The Labute approximate surface area is 105 Å². The normalized spacial score (nSPS) is 13.0. The fraction of sp³-hybridized carbons (Fsp3) is 0.714. The van der Waals surface area contributed by atoms with E-state index in [4.69, 9.17) is 0 Å². The summed E-state index contributed by atoms with van der Waals surface area (Å²) in [5.74, 6) is 0.473. The van der Waals surface area contributed by atoms with Crippen LogP contribution >= 0.6 is 0 Å². The zero-order valence-corrected chi connectivity index (χ0v) is 11.5. The molecule has 0 saturated carbocycles. The van der Waals surface area contributed by atoms with Gasteiger partial charge < -0.3 is 5.32 Å². The van der Waals surface area contributed by atoms with Crippen LogP contribution in [0.15, 0.2) is 12.4 Å². The van der Waals surface area contributed by atoms with E-state index in [2.05, 4.69) is 49.0 Å². The highest BCUT2D eigenvalue weighted by atomic mass is 14.9. The molecule has 0 saturated heterocycles. The third-order valence-electron chi connectivity index (χ3n) is 2.92. The lowest BCUT2D eigenvalue weighted by molar-refractivity contribution is 0.481. The van der Waals surface area contributed by atoms with Gasteiger partial charge in [0.15, 0.2) is 0 Å². The standard InChI is InChI=1S/C14H25N3/c1-5-7-12(15-6-2)8-13-9-14(11(3)4)17-10-16-13/h9-12,15H,5-8H2,1-4H3. The van der Waals surface area contributed by atoms with E-state index < -0.39 is 0 Å². The van der Waals surface area contributed by atoms with Gasteiger partial charge in [0.2, 0.25) is 0 Å². The second kappa shape index (κ2) is 7.38. The van der Waals surface area contributed by atoms with Crippen molar-refractivity contribution in [2.75, 3.05) is 6.54 Å². The molecule has 1 unspecified atom stereocenters. The average Bonchev–Trinajstić information content (AvgIpc) is 2.30. The summed E-state index contributed by atoms with van der Waals surface area (Å²) in [7, 11) is 0. The molecule has 1 atom stereocenters. The van der Waals surface area contributed by atoms with E-state index in [1.54, 1.807) is 6.33 Å².